The lowest BCUT2D eigenvalue weighted by atomic mass is 10.1. The fourth-order valence-corrected chi connectivity index (χ4v) is 2.79. The van der Waals surface area contributed by atoms with E-state index in [2.05, 4.69) is 10.6 Å². The van der Waals surface area contributed by atoms with Crippen molar-refractivity contribution < 1.29 is 14.0 Å². The number of hydrogen-bond acceptors (Lipinski definition) is 3. The number of furan rings is 1. The average Bonchev–Trinajstić information content (AvgIpc) is 3.21. The highest BCUT2D eigenvalue weighted by atomic mass is 16.3. The highest BCUT2D eigenvalue weighted by Gasteiger charge is 2.16. The summed E-state index contributed by atoms with van der Waals surface area (Å²) in [6.07, 6.45) is 2.38. The maximum atomic E-state index is 12.7. The number of anilines is 1. The van der Waals surface area contributed by atoms with Crippen LogP contribution in [0.4, 0.5) is 5.69 Å². The molecule has 0 spiro atoms. The van der Waals surface area contributed by atoms with Gasteiger partial charge < -0.3 is 15.1 Å². The van der Waals surface area contributed by atoms with Gasteiger partial charge in [-0.1, -0.05) is 42.5 Å². The largest absolute Gasteiger partial charge is 0.469 e. The summed E-state index contributed by atoms with van der Waals surface area (Å²) in [5, 5.41) is 5.80. The third-order valence-electron chi connectivity index (χ3n) is 4.27. The zero-order valence-electron chi connectivity index (χ0n) is 15.1. The maximum Gasteiger partial charge on any atom is 0.253 e. The van der Waals surface area contributed by atoms with Crippen molar-refractivity contribution in [2.45, 2.75) is 25.8 Å². The molecule has 3 rings (SSSR count). The molecular weight excluding hydrogens is 340 g/mol. The van der Waals surface area contributed by atoms with Crippen LogP contribution in [0.1, 0.15) is 41.1 Å². The molecule has 3 aromatic rings. The SMILES string of the molecule is C[C@H](NC(=O)c1ccccc1NC(=O)CCc1ccco1)c1ccccc1. The lowest BCUT2D eigenvalue weighted by Crippen LogP contribution is -2.28. The minimum Gasteiger partial charge on any atom is -0.469 e. The Morgan fingerprint density at radius 3 is 2.44 bits per heavy atom. The van der Waals surface area contributed by atoms with Gasteiger partial charge in [0.25, 0.3) is 5.91 Å². The molecule has 0 unspecified atom stereocenters. The van der Waals surface area contributed by atoms with E-state index >= 15 is 0 Å². The fraction of sp³-hybridized carbons (Fsp3) is 0.182. The first kappa shape index (κ1) is 18.5. The van der Waals surface area contributed by atoms with Gasteiger partial charge in [-0.3, -0.25) is 9.59 Å². The van der Waals surface area contributed by atoms with E-state index in [1.807, 2.05) is 43.3 Å². The topological polar surface area (TPSA) is 71.3 Å². The summed E-state index contributed by atoms with van der Waals surface area (Å²) in [6, 6.07) is 20.2. The van der Waals surface area contributed by atoms with Gasteiger partial charge >= 0.3 is 0 Å². The first-order valence-corrected chi connectivity index (χ1v) is 8.90. The molecule has 2 amide bonds. The molecule has 1 aromatic heterocycles. The van der Waals surface area contributed by atoms with Crippen molar-refractivity contribution in [1.29, 1.82) is 0 Å². The summed E-state index contributed by atoms with van der Waals surface area (Å²) in [5.41, 5.74) is 1.96. The number of carbonyl (C=O) groups excluding carboxylic acids is 2. The van der Waals surface area contributed by atoms with Crippen LogP contribution in [-0.4, -0.2) is 11.8 Å². The Kier molecular flexibility index (Phi) is 6.05. The average molecular weight is 362 g/mol. The van der Waals surface area contributed by atoms with Gasteiger partial charge in [-0.2, -0.15) is 0 Å². The molecule has 0 aliphatic carbocycles. The number of carbonyl (C=O) groups is 2. The molecule has 138 valence electrons. The van der Waals surface area contributed by atoms with Gasteiger partial charge in [0.2, 0.25) is 5.91 Å². The Labute approximate surface area is 158 Å². The Hall–Kier alpha value is -3.34. The number of nitrogens with one attached hydrogen (secondary N) is 2. The van der Waals surface area contributed by atoms with Crippen LogP contribution < -0.4 is 10.6 Å². The second-order valence-corrected chi connectivity index (χ2v) is 6.28. The van der Waals surface area contributed by atoms with Crippen molar-refractivity contribution in [2.24, 2.45) is 0 Å². The van der Waals surface area contributed by atoms with E-state index < -0.39 is 0 Å². The number of aryl methyl sites for hydroxylation is 1. The number of hydrogen-bond donors (Lipinski definition) is 2. The van der Waals surface area contributed by atoms with Crippen LogP contribution in [0, 0.1) is 0 Å². The number of rotatable bonds is 7. The summed E-state index contributed by atoms with van der Waals surface area (Å²) in [5.74, 6) is 0.365. The molecule has 0 fully saturated rings. The number of para-hydroxylation sites is 1. The van der Waals surface area contributed by atoms with Crippen LogP contribution in [0.2, 0.25) is 0 Å². The molecule has 0 bridgehead atoms. The Bertz CT molecular complexity index is 889. The monoisotopic (exact) mass is 362 g/mol. The van der Waals surface area contributed by atoms with E-state index in [4.69, 9.17) is 4.42 Å². The molecular formula is C22H22N2O3. The first-order valence-electron chi connectivity index (χ1n) is 8.90. The van der Waals surface area contributed by atoms with Crippen molar-refractivity contribution in [2.75, 3.05) is 5.32 Å². The smallest absolute Gasteiger partial charge is 0.253 e. The Morgan fingerprint density at radius 2 is 1.70 bits per heavy atom. The highest BCUT2D eigenvalue weighted by Crippen LogP contribution is 2.18. The second kappa shape index (κ2) is 8.85. The summed E-state index contributed by atoms with van der Waals surface area (Å²) in [6.45, 7) is 1.93. The summed E-state index contributed by atoms with van der Waals surface area (Å²) in [4.78, 5) is 24.9. The predicted molar refractivity (Wildman–Crippen MR) is 104 cm³/mol. The zero-order chi connectivity index (χ0) is 19.1. The number of amides is 2. The maximum absolute atomic E-state index is 12.7. The van der Waals surface area contributed by atoms with Crippen molar-refractivity contribution in [3.63, 3.8) is 0 Å². The summed E-state index contributed by atoms with van der Waals surface area (Å²) >= 11 is 0. The Balaban J connectivity index is 1.64. The summed E-state index contributed by atoms with van der Waals surface area (Å²) < 4.78 is 5.24. The zero-order valence-corrected chi connectivity index (χ0v) is 15.1. The van der Waals surface area contributed by atoms with Gasteiger partial charge in [-0.25, -0.2) is 0 Å². The minimum absolute atomic E-state index is 0.138. The van der Waals surface area contributed by atoms with Crippen LogP contribution in [0.15, 0.2) is 77.4 Å². The van der Waals surface area contributed by atoms with Crippen molar-refractivity contribution in [1.82, 2.24) is 5.32 Å². The van der Waals surface area contributed by atoms with Gasteiger partial charge in [0.05, 0.1) is 23.6 Å². The van der Waals surface area contributed by atoms with Crippen LogP contribution >= 0.6 is 0 Å². The van der Waals surface area contributed by atoms with E-state index in [-0.39, 0.29) is 24.3 Å². The second-order valence-electron chi connectivity index (χ2n) is 6.28. The molecule has 2 aromatic carbocycles. The molecule has 27 heavy (non-hydrogen) atoms. The van der Waals surface area contributed by atoms with E-state index in [9.17, 15) is 9.59 Å². The third kappa shape index (κ3) is 5.07. The molecule has 0 radical (unpaired) electrons. The van der Waals surface area contributed by atoms with E-state index in [0.717, 1.165) is 11.3 Å². The standard InChI is InChI=1S/C22H22N2O3/c1-16(17-8-3-2-4-9-17)23-22(26)19-11-5-6-12-20(19)24-21(25)14-13-18-10-7-15-27-18/h2-12,15-16H,13-14H2,1H3,(H,23,26)(H,24,25)/t16-/m0/s1. The fourth-order valence-electron chi connectivity index (χ4n) is 2.79. The molecule has 2 N–H and O–H groups in total. The Morgan fingerprint density at radius 1 is 0.963 bits per heavy atom. The van der Waals surface area contributed by atoms with Crippen LogP contribution in [-0.2, 0) is 11.2 Å². The molecule has 0 aliphatic heterocycles. The van der Waals surface area contributed by atoms with Gasteiger partial charge in [-0.15, -0.1) is 0 Å². The van der Waals surface area contributed by atoms with Gasteiger partial charge in [0.15, 0.2) is 0 Å². The van der Waals surface area contributed by atoms with E-state index in [0.29, 0.717) is 17.7 Å². The molecule has 1 atom stereocenters. The molecule has 0 saturated carbocycles. The van der Waals surface area contributed by atoms with E-state index in [1.54, 1.807) is 36.6 Å². The van der Waals surface area contributed by atoms with Crippen LogP contribution in [0.25, 0.3) is 0 Å². The predicted octanol–water partition coefficient (Wildman–Crippen LogP) is 4.34. The lowest BCUT2D eigenvalue weighted by Gasteiger charge is -2.16. The normalized spacial score (nSPS) is 11.6. The quantitative estimate of drug-likeness (QED) is 0.657. The molecule has 1 heterocycles. The molecule has 0 saturated heterocycles. The first-order chi connectivity index (χ1) is 13.1. The van der Waals surface area contributed by atoms with Crippen molar-refractivity contribution in [3.8, 4) is 0 Å². The van der Waals surface area contributed by atoms with Gasteiger partial charge in [0, 0.05) is 12.8 Å². The molecule has 0 aliphatic rings. The lowest BCUT2D eigenvalue weighted by molar-refractivity contribution is -0.116. The van der Waals surface area contributed by atoms with Crippen molar-refractivity contribution >= 4 is 17.5 Å². The molecule has 5 nitrogen and oxygen atoms in total. The minimum atomic E-state index is -0.228. The van der Waals surface area contributed by atoms with Gasteiger partial charge in [-0.05, 0) is 36.8 Å². The molecule has 5 heteroatoms. The van der Waals surface area contributed by atoms with Crippen molar-refractivity contribution in [3.05, 3.63) is 89.9 Å². The summed E-state index contributed by atoms with van der Waals surface area (Å²) in [7, 11) is 0. The van der Waals surface area contributed by atoms with E-state index in [1.165, 1.54) is 0 Å². The van der Waals surface area contributed by atoms with Gasteiger partial charge in [0.1, 0.15) is 5.76 Å². The third-order valence-corrected chi connectivity index (χ3v) is 4.27. The number of benzene rings is 2. The highest BCUT2D eigenvalue weighted by molar-refractivity contribution is 6.03. The van der Waals surface area contributed by atoms with Crippen LogP contribution in [0.5, 0.6) is 0 Å². The van der Waals surface area contributed by atoms with Crippen LogP contribution in [0.3, 0.4) is 0 Å².